The summed E-state index contributed by atoms with van der Waals surface area (Å²) in [7, 11) is 0. The van der Waals surface area contributed by atoms with Gasteiger partial charge >= 0.3 is 0 Å². The van der Waals surface area contributed by atoms with Crippen molar-refractivity contribution < 1.29 is 14.3 Å². The van der Waals surface area contributed by atoms with Crippen LogP contribution in [-0.4, -0.2) is 59.0 Å². The van der Waals surface area contributed by atoms with Crippen molar-refractivity contribution in [1.29, 1.82) is 0 Å². The molecule has 0 unspecified atom stereocenters. The number of amides is 2. The number of carbonyl (C=O) groups excluding carboxylic acids is 2. The number of carbonyl (C=O) groups is 2. The van der Waals surface area contributed by atoms with Crippen molar-refractivity contribution in [2.75, 3.05) is 13.2 Å². The third kappa shape index (κ3) is 3.48. The fraction of sp³-hybridized carbons (Fsp3) is 0.667. The van der Waals surface area contributed by atoms with Crippen LogP contribution in [0, 0.1) is 5.41 Å². The van der Waals surface area contributed by atoms with Gasteiger partial charge in [0.1, 0.15) is 6.61 Å². The summed E-state index contributed by atoms with van der Waals surface area (Å²) in [6, 6.07) is 10.9. The minimum Gasteiger partial charge on any atom is -0.372 e. The lowest BCUT2D eigenvalue weighted by Gasteiger charge is -2.50. The van der Waals surface area contributed by atoms with Gasteiger partial charge in [0.15, 0.2) is 0 Å². The van der Waals surface area contributed by atoms with Crippen LogP contribution < -0.4 is 0 Å². The number of fused-ring (bicyclic) bond motifs is 1. The number of benzene rings is 1. The first-order valence-electron chi connectivity index (χ1n) is 11.2. The molecule has 0 spiro atoms. The van der Waals surface area contributed by atoms with Crippen LogP contribution in [0.4, 0.5) is 0 Å². The quantitative estimate of drug-likeness (QED) is 0.764. The smallest absolute Gasteiger partial charge is 0.249 e. The third-order valence-corrected chi connectivity index (χ3v) is 7.58. The van der Waals surface area contributed by atoms with E-state index in [0.717, 1.165) is 38.5 Å². The van der Waals surface area contributed by atoms with Crippen LogP contribution in [0.15, 0.2) is 30.3 Å². The second kappa shape index (κ2) is 8.10. The van der Waals surface area contributed by atoms with Crippen molar-refractivity contribution in [3.05, 3.63) is 35.9 Å². The first-order chi connectivity index (χ1) is 14.0. The molecule has 1 aromatic carbocycles. The van der Waals surface area contributed by atoms with Crippen LogP contribution >= 0.6 is 0 Å². The summed E-state index contributed by atoms with van der Waals surface area (Å²) in [5, 5.41) is 0. The SMILES string of the molecule is CCOCC(=O)N1[C@H]2CCCC[C@H]3N(C(C)=O)[C@H](Cc4ccccc4)[C@@H]1C[C@@]23C. The van der Waals surface area contributed by atoms with Gasteiger partial charge in [-0.3, -0.25) is 9.59 Å². The molecule has 158 valence electrons. The molecule has 5 heteroatoms. The Bertz CT molecular complexity index is 752. The minimum atomic E-state index is -0.0259. The van der Waals surface area contributed by atoms with Crippen molar-refractivity contribution in [2.24, 2.45) is 5.41 Å². The first kappa shape index (κ1) is 20.4. The van der Waals surface area contributed by atoms with E-state index in [-0.39, 0.29) is 48.0 Å². The Labute approximate surface area is 174 Å². The van der Waals surface area contributed by atoms with E-state index in [0.29, 0.717) is 6.61 Å². The Balaban J connectivity index is 1.75. The summed E-state index contributed by atoms with van der Waals surface area (Å²) in [5.41, 5.74) is 1.20. The highest BCUT2D eigenvalue weighted by Gasteiger charge is 2.63. The largest absolute Gasteiger partial charge is 0.372 e. The lowest BCUT2D eigenvalue weighted by Crippen LogP contribution is -2.61. The summed E-state index contributed by atoms with van der Waals surface area (Å²) < 4.78 is 5.51. The van der Waals surface area contributed by atoms with E-state index in [1.807, 2.05) is 13.0 Å². The minimum absolute atomic E-state index is 0.0259. The molecule has 4 rings (SSSR count). The Morgan fingerprint density at radius 3 is 2.38 bits per heavy atom. The molecular weight excluding hydrogens is 364 g/mol. The van der Waals surface area contributed by atoms with E-state index in [1.165, 1.54) is 5.56 Å². The number of hydrogen-bond acceptors (Lipinski definition) is 3. The first-order valence-corrected chi connectivity index (χ1v) is 11.2. The van der Waals surface area contributed by atoms with Gasteiger partial charge in [0.2, 0.25) is 11.8 Å². The van der Waals surface area contributed by atoms with E-state index in [1.54, 1.807) is 6.92 Å². The third-order valence-electron chi connectivity index (χ3n) is 7.58. The van der Waals surface area contributed by atoms with E-state index in [9.17, 15) is 9.59 Å². The van der Waals surface area contributed by atoms with Gasteiger partial charge in [0, 0.05) is 31.0 Å². The molecule has 0 aromatic heterocycles. The van der Waals surface area contributed by atoms with Gasteiger partial charge in [-0.15, -0.1) is 0 Å². The van der Waals surface area contributed by atoms with Crippen LogP contribution in [0.25, 0.3) is 0 Å². The van der Waals surface area contributed by atoms with E-state index in [4.69, 9.17) is 4.74 Å². The molecule has 3 aliphatic rings. The summed E-state index contributed by atoms with van der Waals surface area (Å²) >= 11 is 0. The highest BCUT2D eigenvalue weighted by Crippen LogP contribution is 2.55. The van der Waals surface area contributed by atoms with Crippen molar-refractivity contribution >= 4 is 11.8 Å². The Morgan fingerprint density at radius 1 is 1.10 bits per heavy atom. The second-order valence-corrected chi connectivity index (χ2v) is 9.21. The Morgan fingerprint density at radius 2 is 1.76 bits per heavy atom. The molecule has 5 atom stereocenters. The Kier molecular flexibility index (Phi) is 5.69. The maximum atomic E-state index is 13.3. The molecule has 5 nitrogen and oxygen atoms in total. The second-order valence-electron chi connectivity index (χ2n) is 9.21. The van der Waals surface area contributed by atoms with E-state index in [2.05, 4.69) is 41.0 Å². The number of ether oxygens (including phenoxy) is 1. The van der Waals surface area contributed by atoms with Crippen LogP contribution in [0.2, 0.25) is 0 Å². The molecule has 0 radical (unpaired) electrons. The molecular formula is C24H34N2O3. The maximum Gasteiger partial charge on any atom is 0.249 e. The molecule has 1 aromatic rings. The predicted molar refractivity (Wildman–Crippen MR) is 112 cm³/mol. The molecule has 3 fully saturated rings. The molecule has 2 aliphatic heterocycles. The van der Waals surface area contributed by atoms with Gasteiger partial charge in [-0.2, -0.15) is 0 Å². The van der Waals surface area contributed by atoms with Crippen molar-refractivity contribution in [3.63, 3.8) is 0 Å². The zero-order valence-electron chi connectivity index (χ0n) is 18.0. The average molecular weight is 399 g/mol. The molecule has 2 bridgehead atoms. The van der Waals surface area contributed by atoms with Crippen molar-refractivity contribution in [2.45, 2.75) is 83.5 Å². The van der Waals surface area contributed by atoms with Crippen LogP contribution in [-0.2, 0) is 20.7 Å². The fourth-order valence-corrected chi connectivity index (χ4v) is 6.43. The molecule has 0 N–H and O–H groups in total. The lowest BCUT2D eigenvalue weighted by molar-refractivity contribution is -0.144. The molecule has 1 saturated carbocycles. The highest BCUT2D eigenvalue weighted by atomic mass is 16.5. The van der Waals surface area contributed by atoms with Crippen molar-refractivity contribution in [1.82, 2.24) is 9.80 Å². The van der Waals surface area contributed by atoms with Crippen molar-refractivity contribution in [3.8, 4) is 0 Å². The van der Waals surface area contributed by atoms with Crippen LogP contribution in [0.5, 0.6) is 0 Å². The number of nitrogens with zero attached hydrogens (tertiary/aromatic N) is 2. The average Bonchev–Trinajstić information content (AvgIpc) is 2.86. The summed E-state index contributed by atoms with van der Waals surface area (Å²) in [6.07, 6.45) is 6.10. The Hall–Kier alpha value is -1.88. The standard InChI is InChI=1S/C24H34N2O3/c1-4-29-16-23(28)26-20-15-24(3)21(12-8-9-13-22(24)26)25(17(2)27)19(20)14-18-10-6-5-7-11-18/h5-7,10-11,19-22H,4,8-9,12-16H2,1-3H3/t19-,20+,21-,22+,24-/m1/s1. The topological polar surface area (TPSA) is 49.9 Å². The van der Waals surface area contributed by atoms with Gasteiger partial charge in [-0.1, -0.05) is 50.1 Å². The monoisotopic (exact) mass is 398 g/mol. The predicted octanol–water partition coefficient (Wildman–Crippen LogP) is 3.41. The molecule has 2 saturated heterocycles. The van der Waals surface area contributed by atoms with Gasteiger partial charge < -0.3 is 14.5 Å². The van der Waals surface area contributed by atoms with Gasteiger partial charge in [-0.05, 0) is 38.2 Å². The number of hydrogen-bond donors (Lipinski definition) is 0. The van der Waals surface area contributed by atoms with E-state index >= 15 is 0 Å². The number of rotatable bonds is 5. The summed E-state index contributed by atoms with van der Waals surface area (Å²) in [6.45, 7) is 6.64. The number of likely N-dealkylation sites (tertiary alicyclic amines) is 2. The van der Waals surface area contributed by atoms with Gasteiger partial charge in [0.05, 0.1) is 12.1 Å². The zero-order chi connectivity index (χ0) is 20.6. The van der Waals surface area contributed by atoms with E-state index < -0.39 is 0 Å². The highest BCUT2D eigenvalue weighted by molar-refractivity contribution is 5.80. The maximum absolute atomic E-state index is 13.3. The number of piperidine rings is 1. The molecule has 1 aliphatic carbocycles. The van der Waals surface area contributed by atoms with Gasteiger partial charge in [-0.25, -0.2) is 0 Å². The molecule has 29 heavy (non-hydrogen) atoms. The normalized spacial score (nSPS) is 33.5. The zero-order valence-corrected chi connectivity index (χ0v) is 18.0. The van der Waals surface area contributed by atoms with Gasteiger partial charge in [0.25, 0.3) is 0 Å². The molecule has 2 amide bonds. The fourth-order valence-electron chi connectivity index (χ4n) is 6.43. The van der Waals surface area contributed by atoms with Crippen LogP contribution in [0.3, 0.4) is 0 Å². The summed E-state index contributed by atoms with van der Waals surface area (Å²) in [5.74, 6) is 0.237. The van der Waals surface area contributed by atoms with Crippen LogP contribution in [0.1, 0.15) is 58.4 Å². The lowest BCUT2D eigenvalue weighted by atomic mass is 9.69. The summed E-state index contributed by atoms with van der Waals surface area (Å²) in [4.78, 5) is 30.5. The molecule has 2 heterocycles.